The molecule has 3 heteroatoms. The van der Waals surface area contributed by atoms with Gasteiger partial charge in [-0.15, -0.1) is 0 Å². The van der Waals surface area contributed by atoms with Crippen molar-refractivity contribution in [2.75, 3.05) is 20.1 Å². The number of likely N-dealkylation sites (N-methyl/N-ethyl adjacent to an activating group) is 1. The molecular formula is C14H23FN2. The first-order chi connectivity index (χ1) is 8.02. The molecule has 0 aliphatic rings. The average Bonchev–Trinajstić information content (AvgIpc) is 2.27. The molecule has 0 saturated heterocycles. The van der Waals surface area contributed by atoms with Gasteiger partial charge in [0.25, 0.3) is 0 Å². The first-order valence-corrected chi connectivity index (χ1v) is 6.20. The second-order valence-electron chi connectivity index (χ2n) is 4.73. The summed E-state index contributed by atoms with van der Waals surface area (Å²) in [7, 11) is 2.09. The number of nitrogens with zero attached hydrogens (tertiary/aromatic N) is 1. The summed E-state index contributed by atoms with van der Waals surface area (Å²) in [6.07, 6.45) is 0. The van der Waals surface area contributed by atoms with Gasteiger partial charge in [-0.3, -0.25) is 0 Å². The van der Waals surface area contributed by atoms with Gasteiger partial charge in [0, 0.05) is 24.7 Å². The lowest BCUT2D eigenvalue weighted by molar-refractivity contribution is 0.309. The molecule has 1 N–H and O–H groups in total. The normalized spacial score (nSPS) is 13.1. The topological polar surface area (TPSA) is 15.3 Å². The Morgan fingerprint density at radius 1 is 1.41 bits per heavy atom. The number of benzene rings is 1. The highest BCUT2D eigenvalue weighted by Crippen LogP contribution is 2.09. The Kier molecular flexibility index (Phi) is 5.59. The van der Waals surface area contributed by atoms with Crippen LogP contribution in [-0.4, -0.2) is 31.1 Å². The van der Waals surface area contributed by atoms with Gasteiger partial charge in [0.05, 0.1) is 0 Å². The third-order valence-electron chi connectivity index (χ3n) is 2.97. The van der Waals surface area contributed by atoms with Gasteiger partial charge in [0.15, 0.2) is 0 Å². The van der Waals surface area contributed by atoms with Crippen LogP contribution in [0.3, 0.4) is 0 Å². The standard InChI is InChI=1S/C14H23FN2/c1-5-17(4)10-12(3)16-9-13-7-6-11(2)8-14(13)15/h6-8,12,16H,5,9-10H2,1-4H3. The Morgan fingerprint density at radius 2 is 2.12 bits per heavy atom. The van der Waals surface area contributed by atoms with E-state index in [0.29, 0.717) is 12.6 Å². The molecule has 0 fully saturated rings. The average molecular weight is 238 g/mol. The smallest absolute Gasteiger partial charge is 0.127 e. The highest BCUT2D eigenvalue weighted by atomic mass is 19.1. The van der Waals surface area contributed by atoms with Crippen molar-refractivity contribution >= 4 is 0 Å². The molecule has 1 unspecified atom stereocenters. The van der Waals surface area contributed by atoms with Gasteiger partial charge in [0.1, 0.15) is 5.82 Å². The third kappa shape index (κ3) is 4.84. The Bertz CT molecular complexity index is 352. The van der Waals surface area contributed by atoms with E-state index in [9.17, 15) is 4.39 Å². The van der Waals surface area contributed by atoms with Gasteiger partial charge in [-0.05, 0) is 39.1 Å². The van der Waals surface area contributed by atoms with E-state index < -0.39 is 0 Å². The summed E-state index contributed by atoms with van der Waals surface area (Å²) in [5.41, 5.74) is 1.70. The van der Waals surface area contributed by atoms with Crippen LogP contribution in [0.2, 0.25) is 0 Å². The van der Waals surface area contributed by atoms with E-state index in [2.05, 4.69) is 31.1 Å². The van der Waals surface area contributed by atoms with E-state index in [4.69, 9.17) is 0 Å². The quantitative estimate of drug-likeness (QED) is 0.819. The molecule has 96 valence electrons. The summed E-state index contributed by atoms with van der Waals surface area (Å²) in [5.74, 6) is -0.117. The molecule has 1 aromatic rings. The first-order valence-electron chi connectivity index (χ1n) is 6.20. The van der Waals surface area contributed by atoms with Crippen LogP contribution in [0, 0.1) is 12.7 Å². The number of nitrogens with one attached hydrogen (secondary N) is 1. The van der Waals surface area contributed by atoms with Gasteiger partial charge >= 0.3 is 0 Å². The second kappa shape index (κ2) is 6.72. The molecular weight excluding hydrogens is 215 g/mol. The lowest BCUT2D eigenvalue weighted by atomic mass is 10.1. The summed E-state index contributed by atoms with van der Waals surface area (Å²) < 4.78 is 13.6. The summed E-state index contributed by atoms with van der Waals surface area (Å²) in [4.78, 5) is 2.24. The van der Waals surface area contributed by atoms with Gasteiger partial charge in [-0.2, -0.15) is 0 Å². The largest absolute Gasteiger partial charge is 0.309 e. The molecule has 0 radical (unpaired) electrons. The van der Waals surface area contributed by atoms with Crippen molar-refractivity contribution in [2.45, 2.75) is 33.4 Å². The number of hydrogen-bond acceptors (Lipinski definition) is 2. The molecule has 1 rings (SSSR count). The number of rotatable bonds is 6. The minimum Gasteiger partial charge on any atom is -0.309 e. The van der Waals surface area contributed by atoms with Crippen LogP contribution in [0.5, 0.6) is 0 Å². The van der Waals surface area contributed by atoms with Gasteiger partial charge in [-0.1, -0.05) is 19.1 Å². The maximum absolute atomic E-state index is 13.6. The lowest BCUT2D eigenvalue weighted by Gasteiger charge is -2.20. The van der Waals surface area contributed by atoms with Crippen molar-refractivity contribution in [3.63, 3.8) is 0 Å². The fraction of sp³-hybridized carbons (Fsp3) is 0.571. The highest BCUT2D eigenvalue weighted by molar-refractivity contribution is 5.23. The molecule has 0 spiro atoms. The molecule has 1 atom stereocenters. The van der Waals surface area contributed by atoms with Crippen LogP contribution < -0.4 is 5.32 Å². The SMILES string of the molecule is CCN(C)CC(C)NCc1ccc(C)cc1F. The number of hydrogen-bond donors (Lipinski definition) is 1. The van der Waals surface area contributed by atoms with Crippen LogP contribution >= 0.6 is 0 Å². The van der Waals surface area contributed by atoms with E-state index >= 15 is 0 Å². The van der Waals surface area contributed by atoms with E-state index in [1.165, 1.54) is 0 Å². The Balaban J connectivity index is 2.44. The minimum absolute atomic E-state index is 0.117. The third-order valence-corrected chi connectivity index (χ3v) is 2.97. The highest BCUT2D eigenvalue weighted by Gasteiger charge is 2.06. The molecule has 0 amide bonds. The maximum Gasteiger partial charge on any atom is 0.127 e. The monoisotopic (exact) mass is 238 g/mol. The zero-order valence-electron chi connectivity index (χ0n) is 11.3. The molecule has 0 heterocycles. The van der Waals surface area contributed by atoms with Gasteiger partial charge < -0.3 is 10.2 Å². The molecule has 0 bridgehead atoms. The zero-order valence-corrected chi connectivity index (χ0v) is 11.3. The summed E-state index contributed by atoms with van der Waals surface area (Å²) >= 11 is 0. The molecule has 0 aliphatic carbocycles. The fourth-order valence-electron chi connectivity index (χ4n) is 1.74. The molecule has 1 aromatic carbocycles. The van der Waals surface area contributed by atoms with Crippen LogP contribution in [0.15, 0.2) is 18.2 Å². The van der Waals surface area contributed by atoms with Crippen LogP contribution in [0.25, 0.3) is 0 Å². The molecule has 2 nitrogen and oxygen atoms in total. The van der Waals surface area contributed by atoms with Crippen LogP contribution in [0.4, 0.5) is 4.39 Å². The molecule has 17 heavy (non-hydrogen) atoms. The van der Waals surface area contributed by atoms with E-state index in [1.54, 1.807) is 6.07 Å². The maximum atomic E-state index is 13.6. The summed E-state index contributed by atoms with van der Waals surface area (Å²) in [6, 6.07) is 5.75. The fourth-order valence-corrected chi connectivity index (χ4v) is 1.74. The van der Waals surface area contributed by atoms with E-state index in [1.807, 2.05) is 19.1 Å². The zero-order chi connectivity index (χ0) is 12.8. The molecule has 0 saturated carbocycles. The number of halogens is 1. The number of aryl methyl sites for hydroxylation is 1. The summed E-state index contributed by atoms with van der Waals surface area (Å²) in [5, 5.41) is 3.34. The minimum atomic E-state index is -0.117. The first kappa shape index (κ1) is 14.1. The van der Waals surface area contributed by atoms with Gasteiger partial charge in [0.2, 0.25) is 0 Å². The Morgan fingerprint density at radius 3 is 2.71 bits per heavy atom. The van der Waals surface area contributed by atoms with Crippen molar-refractivity contribution in [3.05, 3.63) is 35.1 Å². The predicted octanol–water partition coefficient (Wildman–Crippen LogP) is 2.56. The van der Waals surface area contributed by atoms with Crippen molar-refractivity contribution in [2.24, 2.45) is 0 Å². The van der Waals surface area contributed by atoms with E-state index in [0.717, 1.165) is 24.2 Å². The van der Waals surface area contributed by atoms with Crippen LogP contribution in [0.1, 0.15) is 25.0 Å². The predicted molar refractivity (Wildman–Crippen MR) is 70.6 cm³/mol. The Hall–Kier alpha value is -0.930. The lowest BCUT2D eigenvalue weighted by Crippen LogP contribution is -2.37. The van der Waals surface area contributed by atoms with E-state index in [-0.39, 0.29) is 5.82 Å². The molecule has 0 aliphatic heterocycles. The second-order valence-corrected chi connectivity index (χ2v) is 4.73. The summed E-state index contributed by atoms with van der Waals surface area (Å²) in [6.45, 7) is 8.75. The van der Waals surface area contributed by atoms with Crippen molar-refractivity contribution < 1.29 is 4.39 Å². The van der Waals surface area contributed by atoms with Crippen molar-refractivity contribution in [3.8, 4) is 0 Å². The molecule has 0 aromatic heterocycles. The Labute approximate surface area is 104 Å². The van der Waals surface area contributed by atoms with Crippen molar-refractivity contribution in [1.29, 1.82) is 0 Å². The van der Waals surface area contributed by atoms with Crippen molar-refractivity contribution in [1.82, 2.24) is 10.2 Å². The van der Waals surface area contributed by atoms with Gasteiger partial charge in [-0.25, -0.2) is 4.39 Å². The van der Waals surface area contributed by atoms with Crippen LogP contribution in [-0.2, 0) is 6.54 Å².